The van der Waals surface area contributed by atoms with E-state index in [9.17, 15) is 10.1 Å². The summed E-state index contributed by atoms with van der Waals surface area (Å²) < 4.78 is 7.79. The zero-order valence-corrected chi connectivity index (χ0v) is 20.1. The number of nitrogens with zero attached hydrogens (tertiary/aromatic N) is 5. The number of rotatable bonds is 9. The summed E-state index contributed by atoms with van der Waals surface area (Å²) in [5, 5.41) is 21.8. The van der Waals surface area contributed by atoms with E-state index in [0.717, 1.165) is 48.9 Å². The van der Waals surface area contributed by atoms with Crippen molar-refractivity contribution in [3.05, 3.63) is 59.4 Å². The molecule has 0 unspecified atom stereocenters. The number of ether oxygens (including phenoxy) is 1. The second-order valence-electron chi connectivity index (χ2n) is 8.03. The van der Waals surface area contributed by atoms with Gasteiger partial charge >= 0.3 is 0 Å². The van der Waals surface area contributed by atoms with Crippen molar-refractivity contribution in [3.8, 4) is 11.8 Å². The Morgan fingerprint density at radius 2 is 2.00 bits per heavy atom. The van der Waals surface area contributed by atoms with Crippen LogP contribution in [0.15, 0.2) is 48.2 Å². The maximum Gasteiger partial charge on any atom is 0.268 e. The summed E-state index contributed by atoms with van der Waals surface area (Å²) in [6.45, 7) is 5.09. The predicted octanol–water partition coefficient (Wildman–Crippen LogP) is 4.52. The number of nitriles is 1. The zero-order valence-electron chi connectivity index (χ0n) is 19.2. The van der Waals surface area contributed by atoms with E-state index in [0.29, 0.717) is 18.3 Å². The van der Waals surface area contributed by atoms with Gasteiger partial charge in [0.2, 0.25) is 10.3 Å². The van der Waals surface area contributed by atoms with Crippen molar-refractivity contribution >= 4 is 33.6 Å². The number of carbonyl (C=O) groups excluding carboxylic acids is 1. The van der Waals surface area contributed by atoms with Crippen LogP contribution in [0.4, 0.5) is 10.3 Å². The second-order valence-corrected chi connectivity index (χ2v) is 8.99. The molecule has 0 aliphatic carbocycles. The lowest BCUT2D eigenvalue weighted by atomic mass is 10.1. The highest BCUT2D eigenvalue weighted by molar-refractivity contribution is 7.19. The molecule has 8 nitrogen and oxygen atoms in total. The molecule has 34 heavy (non-hydrogen) atoms. The van der Waals surface area contributed by atoms with Crippen molar-refractivity contribution in [2.45, 2.75) is 39.2 Å². The largest absolute Gasteiger partial charge is 0.492 e. The first-order chi connectivity index (χ1) is 16.7. The molecular weight excluding hydrogens is 448 g/mol. The van der Waals surface area contributed by atoms with Crippen LogP contribution in [0.3, 0.4) is 0 Å². The number of hydrogen-bond acceptors (Lipinski definition) is 7. The first-order valence-corrected chi connectivity index (χ1v) is 12.4. The molecule has 1 saturated heterocycles. The lowest BCUT2D eigenvalue weighted by Gasteiger charge is -2.25. The molecule has 4 rings (SSSR count). The molecule has 0 radical (unpaired) electrons. The van der Waals surface area contributed by atoms with Crippen molar-refractivity contribution in [3.63, 3.8) is 0 Å². The van der Waals surface area contributed by atoms with Crippen LogP contribution >= 0.6 is 11.3 Å². The van der Waals surface area contributed by atoms with Gasteiger partial charge in [-0.05, 0) is 61.6 Å². The molecule has 1 aromatic carbocycles. The van der Waals surface area contributed by atoms with Gasteiger partial charge in [-0.1, -0.05) is 30.4 Å². The van der Waals surface area contributed by atoms with E-state index in [1.54, 1.807) is 6.08 Å². The van der Waals surface area contributed by atoms with Gasteiger partial charge in [-0.3, -0.25) is 10.1 Å². The SMILES string of the molecule is CCc1ccc(OCCn2cccc2/C=C(/C#N)C(=O)Nc2nnc(N3CCCCC3)s2)cc1. The van der Waals surface area contributed by atoms with Gasteiger partial charge in [0.15, 0.2) is 0 Å². The maximum absolute atomic E-state index is 12.7. The van der Waals surface area contributed by atoms with Gasteiger partial charge in [-0.15, -0.1) is 10.2 Å². The Hall–Kier alpha value is -3.64. The fourth-order valence-electron chi connectivity index (χ4n) is 3.79. The number of nitrogens with one attached hydrogen (secondary N) is 1. The third-order valence-electron chi connectivity index (χ3n) is 5.72. The van der Waals surface area contributed by atoms with E-state index >= 15 is 0 Å². The van der Waals surface area contributed by atoms with Crippen molar-refractivity contribution in [1.29, 1.82) is 5.26 Å². The number of piperidine rings is 1. The van der Waals surface area contributed by atoms with Gasteiger partial charge in [0.1, 0.15) is 24.0 Å². The monoisotopic (exact) mass is 476 g/mol. The first-order valence-electron chi connectivity index (χ1n) is 11.5. The highest BCUT2D eigenvalue weighted by atomic mass is 32.1. The maximum atomic E-state index is 12.7. The molecule has 1 aliphatic rings. The average Bonchev–Trinajstić information content (AvgIpc) is 3.53. The summed E-state index contributed by atoms with van der Waals surface area (Å²) >= 11 is 1.33. The molecular formula is C25H28N6O2S. The van der Waals surface area contributed by atoms with E-state index in [4.69, 9.17) is 4.74 Å². The molecule has 1 fully saturated rings. The van der Waals surface area contributed by atoms with Gasteiger partial charge in [-0.2, -0.15) is 5.26 Å². The van der Waals surface area contributed by atoms with E-state index in [2.05, 4.69) is 39.5 Å². The molecule has 9 heteroatoms. The smallest absolute Gasteiger partial charge is 0.268 e. The Bertz CT molecular complexity index is 1170. The molecule has 0 spiro atoms. The van der Waals surface area contributed by atoms with Crippen molar-refractivity contribution in [1.82, 2.24) is 14.8 Å². The topological polar surface area (TPSA) is 96.1 Å². The number of hydrogen-bond donors (Lipinski definition) is 1. The molecule has 3 aromatic rings. The number of anilines is 2. The Morgan fingerprint density at radius 1 is 1.21 bits per heavy atom. The van der Waals surface area contributed by atoms with E-state index < -0.39 is 5.91 Å². The number of aromatic nitrogens is 3. The highest BCUT2D eigenvalue weighted by Crippen LogP contribution is 2.27. The summed E-state index contributed by atoms with van der Waals surface area (Å²) in [4.78, 5) is 14.9. The van der Waals surface area contributed by atoms with Crippen LogP contribution in [0.2, 0.25) is 0 Å². The van der Waals surface area contributed by atoms with E-state index in [1.807, 2.05) is 41.1 Å². The Labute approximate surface area is 203 Å². The van der Waals surface area contributed by atoms with Crippen LogP contribution in [0.25, 0.3) is 6.08 Å². The normalized spacial score (nSPS) is 14.0. The minimum atomic E-state index is -0.496. The van der Waals surface area contributed by atoms with Crippen LogP contribution < -0.4 is 15.0 Å². The summed E-state index contributed by atoms with van der Waals surface area (Å²) in [6.07, 6.45) is 7.98. The van der Waals surface area contributed by atoms with Crippen LogP contribution in [0, 0.1) is 11.3 Å². The van der Waals surface area contributed by atoms with Crippen LogP contribution in [-0.4, -0.2) is 40.4 Å². The first kappa shape index (κ1) is 23.5. The molecule has 0 atom stereocenters. The summed E-state index contributed by atoms with van der Waals surface area (Å²) in [5.41, 5.74) is 2.03. The zero-order chi connectivity index (χ0) is 23.8. The number of benzene rings is 1. The summed E-state index contributed by atoms with van der Waals surface area (Å²) in [6, 6.07) is 13.8. The molecule has 0 saturated carbocycles. The molecule has 1 aliphatic heterocycles. The standard InChI is InChI=1S/C25H28N6O2S/c1-2-19-8-10-22(11-9-19)33-16-15-30-14-6-7-21(30)17-20(18-26)23(32)27-24-28-29-25(34-24)31-12-4-3-5-13-31/h6-11,14,17H,2-5,12-13,15-16H2,1H3,(H,27,28,32)/b20-17-. The van der Waals surface area contributed by atoms with Gasteiger partial charge in [0.05, 0.1) is 6.54 Å². The molecule has 0 bridgehead atoms. The van der Waals surface area contributed by atoms with Crippen molar-refractivity contribution in [2.24, 2.45) is 0 Å². The Balaban J connectivity index is 1.35. The third-order valence-corrected chi connectivity index (χ3v) is 6.62. The van der Waals surface area contributed by atoms with Crippen LogP contribution in [0.5, 0.6) is 5.75 Å². The summed E-state index contributed by atoms with van der Waals surface area (Å²) in [7, 11) is 0. The van der Waals surface area contributed by atoms with Crippen LogP contribution in [-0.2, 0) is 17.8 Å². The van der Waals surface area contributed by atoms with E-state index in [-0.39, 0.29) is 5.57 Å². The molecule has 2 aromatic heterocycles. The molecule has 1 N–H and O–H groups in total. The van der Waals surface area contributed by atoms with Crippen molar-refractivity contribution < 1.29 is 9.53 Å². The second kappa shape index (κ2) is 11.5. The van der Waals surface area contributed by atoms with Gasteiger partial charge in [0.25, 0.3) is 5.91 Å². The fraction of sp³-hybridized carbons (Fsp3) is 0.360. The summed E-state index contributed by atoms with van der Waals surface area (Å²) in [5.74, 6) is 0.323. The number of carbonyl (C=O) groups is 1. The quantitative estimate of drug-likeness (QED) is 0.360. The van der Waals surface area contributed by atoms with Gasteiger partial charge in [0, 0.05) is 25.0 Å². The number of aryl methyl sites for hydroxylation is 1. The molecule has 176 valence electrons. The average molecular weight is 477 g/mol. The lowest BCUT2D eigenvalue weighted by molar-refractivity contribution is -0.112. The van der Waals surface area contributed by atoms with E-state index in [1.165, 1.54) is 23.3 Å². The predicted molar refractivity (Wildman–Crippen MR) is 134 cm³/mol. The minimum Gasteiger partial charge on any atom is -0.492 e. The molecule has 3 heterocycles. The van der Waals surface area contributed by atoms with Crippen LogP contribution in [0.1, 0.15) is 37.4 Å². The fourth-order valence-corrected chi connectivity index (χ4v) is 4.58. The highest BCUT2D eigenvalue weighted by Gasteiger charge is 2.18. The van der Waals surface area contributed by atoms with Gasteiger partial charge < -0.3 is 14.2 Å². The Kier molecular flexibility index (Phi) is 7.94. The number of amides is 1. The third kappa shape index (κ3) is 6.02. The minimum absolute atomic E-state index is 0.00532. The van der Waals surface area contributed by atoms with Gasteiger partial charge in [-0.25, -0.2) is 0 Å². The Morgan fingerprint density at radius 3 is 2.74 bits per heavy atom. The molecule has 1 amide bonds. The van der Waals surface area contributed by atoms with Crippen molar-refractivity contribution in [2.75, 3.05) is 29.9 Å². The lowest BCUT2D eigenvalue weighted by Crippen LogP contribution is -2.29.